The van der Waals surface area contributed by atoms with Gasteiger partial charge in [0, 0.05) is 35.6 Å². The van der Waals surface area contributed by atoms with Crippen molar-refractivity contribution >= 4 is 10.8 Å². The molecule has 0 spiro atoms. The van der Waals surface area contributed by atoms with Crippen molar-refractivity contribution in [2.75, 3.05) is 12.0 Å². The van der Waals surface area contributed by atoms with Crippen LogP contribution >= 0.6 is 0 Å². The monoisotopic (exact) mass is 320 g/mol. The highest BCUT2D eigenvalue weighted by Gasteiger charge is 1.87. The Hall–Kier alpha value is -1.07. The third-order valence-corrected chi connectivity index (χ3v) is 3.96. The quantitative estimate of drug-likeness (QED) is 0.261. The fourth-order valence-electron chi connectivity index (χ4n) is 1.84. The lowest BCUT2D eigenvalue weighted by atomic mass is 10.2. The van der Waals surface area contributed by atoms with Gasteiger partial charge >= 0.3 is 0 Å². The van der Waals surface area contributed by atoms with E-state index in [1.807, 2.05) is 0 Å². The molecule has 2 heteroatoms. The third-order valence-electron chi connectivity index (χ3n) is 3.10. The van der Waals surface area contributed by atoms with E-state index in [-0.39, 0.29) is 0 Å². The molecule has 0 aromatic rings. The molecule has 0 rings (SSSR count). The highest BCUT2D eigenvalue weighted by atomic mass is 32.2. The summed E-state index contributed by atoms with van der Waals surface area (Å²) in [6.07, 6.45) is 24.8. The normalized spacial score (nSPS) is 13.0. The summed E-state index contributed by atoms with van der Waals surface area (Å²) >= 11 is 0. The zero-order chi connectivity index (χ0) is 16.3. The van der Waals surface area contributed by atoms with E-state index in [1.54, 1.807) is 6.26 Å². The minimum Gasteiger partial charge on any atom is -0.260 e. The van der Waals surface area contributed by atoms with Gasteiger partial charge in [-0.25, -0.2) is 0 Å². The third kappa shape index (κ3) is 18.9. The Bertz CT molecular complexity index is 407. The first-order chi connectivity index (χ1) is 10.8. The Morgan fingerprint density at radius 1 is 0.864 bits per heavy atom. The zero-order valence-electron chi connectivity index (χ0n) is 14.4. The molecule has 1 unspecified atom stereocenters. The number of hydrogen-bond acceptors (Lipinski definition) is 1. The van der Waals surface area contributed by atoms with Crippen LogP contribution in [0.15, 0.2) is 36.5 Å². The average molecular weight is 321 g/mol. The summed E-state index contributed by atoms with van der Waals surface area (Å²) in [7, 11) is -0.678. The molecule has 0 aliphatic heterocycles. The van der Waals surface area contributed by atoms with E-state index in [1.165, 1.54) is 25.7 Å². The van der Waals surface area contributed by atoms with Gasteiger partial charge in [-0.15, -0.1) is 5.92 Å². The van der Waals surface area contributed by atoms with Crippen LogP contribution in [-0.4, -0.2) is 16.2 Å². The average Bonchev–Trinajstić information content (AvgIpc) is 2.50. The second kappa shape index (κ2) is 18.0. The van der Waals surface area contributed by atoms with E-state index in [4.69, 9.17) is 0 Å². The van der Waals surface area contributed by atoms with Gasteiger partial charge in [-0.05, 0) is 32.1 Å². The van der Waals surface area contributed by atoms with E-state index in [9.17, 15) is 4.21 Å². The Morgan fingerprint density at radius 2 is 1.55 bits per heavy atom. The lowest BCUT2D eigenvalue weighted by Gasteiger charge is -1.90. The predicted molar refractivity (Wildman–Crippen MR) is 101 cm³/mol. The molecule has 0 N–H and O–H groups in total. The van der Waals surface area contributed by atoms with Crippen molar-refractivity contribution in [1.29, 1.82) is 0 Å². The number of unbranched alkanes of at least 4 members (excludes halogenated alkanes) is 4. The maximum atomic E-state index is 10.8. The summed E-state index contributed by atoms with van der Waals surface area (Å²) in [4.78, 5) is 0. The fourth-order valence-corrected chi connectivity index (χ4v) is 2.39. The van der Waals surface area contributed by atoms with Crippen molar-refractivity contribution in [3.63, 3.8) is 0 Å². The van der Waals surface area contributed by atoms with Crippen LogP contribution in [0.4, 0.5) is 0 Å². The van der Waals surface area contributed by atoms with Crippen molar-refractivity contribution in [1.82, 2.24) is 0 Å². The van der Waals surface area contributed by atoms with Gasteiger partial charge in [0.25, 0.3) is 0 Å². The van der Waals surface area contributed by atoms with Crippen LogP contribution in [-0.2, 0) is 10.8 Å². The highest BCUT2D eigenvalue weighted by Crippen LogP contribution is 2.00. The van der Waals surface area contributed by atoms with Crippen molar-refractivity contribution in [3.8, 4) is 11.8 Å². The molecule has 0 aromatic carbocycles. The van der Waals surface area contributed by atoms with Crippen LogP contribution in [0.25, 0.3) is 0 Å². The van der Waals surface area contributed by atoms with Gasteiger partial charge in [-0.3, -0.25) is 4.21 Å². The fraction of sp³-hybridized carbons (Fsp3) is 0.600. The molecule has 0 aromatic heterocycles. The van der Waals surface area contributed by atoms with Crippen molar-refractivity contribution < 1.29 is 4.21 Å². The van der Waals surface area contributed by atoms with Gasteiger partial charge in [0.1, 0.15) is 0 Å². The first-order valence-electron chi connectivity index (χ1n) is 8.48. The number of hydrogen-bond donors (Lipinski definition) is 0. The maximum Gasteiger partial charge on any atom is 0.0269 e. The van der Waals surface area contributed by atoms with E-state index in [2.05, 4.69) is 55.2 Å². The van der Waals surface area contributed by atoms with E-state index in [0.717, 1.165) is 37.9 Å². The van der Waals surface area contributed by atoms with Crippen LogP contribution in [0.3, 0.4) is 0 Å². The smallest absolute Gasteiger partial charge is 0.0269 e. The molecule has 0 amide bonds. The molecule has 1 atom stereocenters. The first kappa shape index (κ1) is 20.9. The predicted octanol–water partition coefficient (Wildman–Crippen LogP) is 5.57. The lowest BCUT2D eigenvalue weighted by Crippen LogP contribution is -1.92. The van der Waals surface area contributed by atoms with Gasteiger partial charge in [-0.2, -0.15) is 0 Å². The van der Waals surface area contributed by atoms with Crippen molar-refractivity contribution in [2.45, 2.75) is 64.7 Å². The van der Waals surface area contributed by atoms with Gasteiger partial charge in [-0.1, -0.05) is 62.1 Å². The molecule has 1 nitrogen and oxygen atoms in total. The van der Waals surface area contributed by atoms with E-state index < -0.39 is 10.8 Å². The minimum atomic E-state index is -0.678. The second-order valence-corrected chi connectivity index (χ2v) is 6.87. The standard InChI is InChI=1S/C20H32OS/c1-3-4-5-6-7-8-9-10-11-12-13-14-15-16-17-18-19-20-22(2)21/h7-8,10-11,13-14H,3-6,9,12,15,18-20H2,1-2H3/b8-7+,11-10+,14-13+. The molecule has 0 aliphatic carbocycles. The summed E-state index contributed by atoms with van der Waals surface area (Å²) in [5.41, 5.74) is 0. The van der Waals surface area contributed by atoms with Gasteiger partial charge in [0.05, 0.1) is 0 Å². The molecule has 0 saturated carbocycles. The molecule has 22 heavy (non-hydrogen) atoms. The van der Waals surface area contributed by atoms with E-state index >= 15 is 0 Å². The molecule has 0 fully saturated rings. The summed E-state index contributed by atoms with van der Waals surface area (Å²) in [6.45, 7) is 2.24. The molecular weight excluding hydrogens is 288 g/mol. The first-order valence-corrected chi connectivity index (χ1v) is 10.2. The largest absolute Gasteiger partial charge is 0.260 e. The molecular formula is C20H32OS. The number of rotatable bonds is 12. The lowest BCUT2D eigenvalue weighted by molar-refractivity contribution is 0.684. The zero-order valence-corrected chi connectivity index (χ0v) is 15.2. The Kier molecular flexibility index (Phi) is 17.1. The molecule has 0 aliphatic rings. The summed E-state index contributed by atoms with van der Waals surface area (Å²) in [6, 6.07) is 0. The van der Waals surface area contributed by atoms with Crippen LogP contribution in [0.2, 0.25) is 0 Å². The second-order valence-electron chi connectivity index (χ2n) is 5.32. The van der Waals surface area contributed by atoms with Crippen LogP contribution in [0.1, 0.15) is 64.7 Å². The molecule has 124 valence electrons. The molecule has 0 radical (unpaired) electrons. The van der Waals surface area contributed by atoms with Crippen LogP contribution < -0.4 is 0 Å². The Labute approximate surface area is 140 Å². The van der Waals surface area contributed by atoms with Crippen molar-refractivity contribution in [2.24, 2.45) is 0 Å². The van der Waals surface area contributed by atoms with Crippen LogP contribution in [0, 0.1) is 11.8 Å². The SMILES string of the molecule is CCCCC/C=C/C/C=C/C/C=C/CC#CCCCS(C)=O. The van der Waals surface area contributed by atoms with Gasteiger partial charge in [0.15, 0.2) is 0 Å². The summed E-state index contributed by atoms with van der Waals surface area (Å²) in [5.74, 6) is 7.01. The molecule has 0 bridgehead atoms. The molecule has 0 heterocycles. The van der Waals surface area contributed by atoms with Crippen molar-refractivity contribution in [3.05, 3.63) is 36.5 Å². The topological polar surface area (TPSA) is 17.1 Å². The molecule has 0 saturated heterocycles. The van der Waals surface area contributed by atoms with Gasteiger partial charge < -0.3 is 0 Å². The Balaban J connectivity index is 3.44. The maximum absolute atomic E-state index is 10.8. The summed E-state index contributed by atoms with van der Waals surface area (Å²) in [5, 5.41) is 0. The van der Waals surface area contributed by atoms with Gasteiger partial charge in [0.2, 0.25) is 0 Å². The minimum absolute atomic E-state index is 0.678. The number of allylic oxidation sites excluding steroid dienone is 6. The highest BCUT2D eigenvalue weighted by molar-refractivity contribution is 7.84. The Morgan fingerprint density at radius 3 is 2.23 bits per heavy atom. The summed E-state index contributed by atoms with van der Waals surface area (Å²) < 4.78 is 10.8. The van der Waals surface area contributed by atoms with E-state index in [0.29, 0.717) is 0 Å². The van der Waals surface area contributed by atoms with Crippen LogP contribution in [0.5, 0.6) is 0 Å².